The number of carbonyl (C=O) groups is 1. The van der Waals surface area contributed by atoms with Crippen LogP contribution < -0.4 is 5.32 Å². The van der Waals surface area contributed by atoms with E-state index in [9.17, 15) is 4.79 Å². The Hall–Kier alpha value is -1.40. The molecule has 1 aliphatic heterocycles. The first-order chi connectivity index (χ1) is 9.97. The molecule has 0 aliphatic carbocycles. The normalized spacial score (nSPS) is 22.7. The van der Waals surface area contributed by atoms with E-state index in [2.05, 4.69) is 24.3 Å². The lowest BCUT2D eigenvalue weighted by molar-refractivity contribution is -0.0206. The van der Waals surface area contributed by atoms with Crippen molar-refractivity contribution in [3.05, 3.63) is 17.5 Å². The predicted octanol–water partition coefficient (Wildman–Crippen LogP) is 1.80. The molecule has 2 atom stereocenters. The number of ether oxygens (including phenoxy) is 1. The fourth-order valence-corrected chi connectivity index (χ4v) is 2.78. The van der Waals surface area contributed by atoms with Crippen molar-refractivity contribution in [1.29, 1.82) is 0 Å². The number of nitrogens with one attached hydrogen (secondary N) is 1. The summed E-state index contributed by atoms with van der Waals surface area (Å²) >= 11 is 0. The molecule has 1 aromatic rings. The van der Waals surface area contributed by atoms with Gasteiger partial charge in [-0.1, -0.05) is 13.8 Å². The van der Waals surface area contributed by atoms with Gasteiger partial charge in [0.05, 0.1) is 11.8 Å². The van der Waals surface area contributed by atoms with E-state index in [1.165, 1.54) is 0 Å². The van der Waals surface area contributed by atoms with Crippen molar-refractivity contribution < 1.29 is 14.6 Å². The lowest BCUT2D eigenvalue weighted by Gasteiger charge is -2.33. The Bertz CT molecular complexity index is 485. The van der Waals surface area contributed by atoms with Gasteiger partial charge in [-0.05, 0) is 31.2 Å². The van der Waals surface area contributed by atoms with Crippen molar-refractivity contribution >= 4 is 5.97 Å². The molecule has 2 rings (SSSR count). The van der Waals surface area contributed by atoms with Crippen LogP contribution in [-0.2, 0) is 18.3 Å². The average molecular weight is 295 g/mol. The Morgan fingerprint density at radius 3 is 3.00 bits per heavy atom. The molecule has 2 heterocycles. The summed E-state index contributed by atoms with van der Waals surface area (Å²) in [5.41, 5.74) is 0.967. The second-order valence-corrected chi connectivity index (χ2v) is 6.12. The van der Waals surface area contributed by atoms with E-state index in [1.807, 2.05) is 0 Å². The van der Waals surface area contributed by atoms with Gasteiger partial charge in [-0.25, -0.2) is 4.79 Å². The number of rotatable bonds is 6. The highest BCUT2D eigenvalue weighted by Gasteiger charge is 2.26. The van der Waals surface area contributed by atoms with Crippen LogP contribution in [0.4, 0.5) is 0 Å². The minimum Gasteiger partial charge on any atom is -0.476 e. The minimum absolute atomic E-state index is 0.0907. The smallest absolute Gasteiger partial charge is 0.356 e. The molecule has 0 radical (unpaired) electrons. The van der Waals surface area contributed by atoms with Crippen LogP contribution in [0.15, 0.2) is 6.07 Å². The zero-order valence-electron chi connectivity index (χ0n) is 13.0. The molecule has 1 saturated heterocycles. The Balaban J connectivity index is 1.95. The van der Waals surface area contributed by atoms with Gasteiger partial charge in [0, 0.05) is 26.2 Å². The summed E-state index contributed by atoms with van der Waals surface area (Å²) in [4.78, 5) is 10.9. The fraction of sp³-hybridized carbons (Fsp3) is 0.733. The van der Waals surface area contributed by atoms with Crippen molar-refractivity contribution in [1.82, 2.24) is 15.1 Å². The van der Waals surface area contributed by atoms with Crippen LogP contribution in [0.2, 0.25) is 0 Å². The molecule has 1 aromatic heterocycles. The van der Waals surface area contributed by atoms with Gasteiger partial charge in [0.15, 0.2) is 5.69 Å². The third-order valence-corrected chi connectivity index (χ3v) is 3.89. The maximum atomic E-state index is 10.9. The van der Waals surface area contributed by atoms with E-state index < -0.39 is 5.97 Å². The Morgan fingerprint density at radius 2 is 2.38 bits per heavy atom. The van der Waals surface area contributed by atoms with Gasteiger partial charge >= 0.3 is 5.97 Å². The summed E-state index contributed by atoms with van der Waals surface area (Å²) < 4.78 is 7.51. The van der Waals surface area contributed by atoms with Crippen molar-refractivity contribution in [3.8, 4) is 0 Å². The first kappa shape index (κ1) is 16.0. The molecule has 0 aromatic carbocycles. The second-order valence-electron chi connectivity index (χ2n) is 6.12. The van der Waals surface area contributed by atoms with Gasteiger partial charge in [0.1, 0.15) is 0 Å². The molecule has 0 saturated carbocycles. The second kappa shape index (κ2) is 7.04. The number of aromatic nitrogens is 2. The molecule has 0 spiro atoms. The third-order valence-electron chi connectivity index (χ3n) is 3.89. The zero-order valence-corrected chi connectivity index (χ0v) is 13.0. The van der Waals surface area contributed by atoms with E-state index in [1.54, 1.807) is 17.8 Å². The lowest BCUT2D eigenvalue weighted by Crippen LogP contribution is -2.45. The molecule has 6 nitrogen and oxygen atoms in total. The molecule has 2 N–H and O–H groups in total. The first-order valence-corrected chi connectivity index (χ1v) is 7.58. The van der Waals surface area contributed by atoms with Gasteiger partial charge in [-0.3, -0.25) is 4.68 Å². The minimum atomic E-state index is -0.990. The van der Waals surface area contributed by atoms with Crippen LogP contribution in [0.1, 0.15) is 49.3 Å². The quantitative estimate of drug-likeness (QED) is 0.837. The molecular formula is C15H25N3O3. The Kier molecular flexibility index (Phi) is 5.36. The summed E-state index contributed by atoms with van der Waals surface area (Å²) in [5, 5.41) is 16.5. The summed E-state index contributed by atoms with van der Waals surface area (Å²) in [6.45, 7) is 5.86. The van der Waals surface area contributed by atoms with Crippen LogP contribution in [0.25, 0.3) is 0 Å². The third kappa shape index (κ3) is 4.28. The van der Waals surface area contributed by atoms with Crippen LogP contribution in [0.5, 0.6) is 0 Å². The zero-order chi connectivity index (χ0) is 15.4. The number of aromatic carboxylic acids is 1. The van der Waals surface area contributed by atoms with Gasteiger partial charge in [0.2, 0.25) is 0 Å². The van der Waals surface area contributed by atoms with E-state index in [-0.39, 0.29) is 11.8 Å². The average Bonchev–Trinajstić information content (AvgIpc) is 2.79. The molecule has 118 valence electrons. The standard InChI is InChI=1S/C15H25N3O3/c1-10(2)7-14-12(5-4-6-21-14)16-9-11-8-13(15(19)20)17-18(11)3/h8,10,12,14,16H,4-7,9H2,1-3H3,(H,19,20). The molecule has 21 heavy (non-hydrogen) atoms. The number of hydrogen-bond donors (Lipinski definition) is 2. The van der Waals surface area contributed by atoms with Gasteiger partial charge in [0.25, 0.3) is 0 Å². The SMILES string of the molecule is CC(C)CC1OCCCC1NCc1cc(C(=O)O)nn1C. The highest BCUT2D eigenvalue weighted by Crippen LogP contribution is 2.20. The van der Waals surface area contributed by atoms with Crippen molar-refractivity contribution in [2.75, 3.05) is 6.61 Å². The highest BCUT2D eigenvalue weighted by molar-refractivity contribution is 5.85. The van der Waals surface area contributed by atoms with Crippen molar-refractivity contribution in [2.24, 2.45) is 13.0 Å². The van der Waals surface area contributed by atoms with Gasteiger partial charge in [-0.2, -0.15) is 5.10 Å². The van der Waals surface area contributed by atoms with E-state index >= 15 is 0 Å². The molecule has 1 fully saturated rings. The molecule has 2 unspecified atom stereocenters. The summed E-state index contributed by atoms with van der Waals surface area (Å²) in [7, 11) is 1.77. The van der Waals surface area contributed by atoms with Crippen LogP contribution >= 0.6 is 0 Å². The van der Waals surface area contributed by atoms with E-state index in [0.717, 1.165) is 31.6 Å². The Labute approximate surface area is 125 Å². The van der Waals surface area contributed by atoms with Gasteiger partial charge in [-0.15, -0.1) is 0 Å². The molecule has 0 amide bonds. The topological polar surface area (TPSA) is 76.4 Å². The monoisotopic (exact) mass is 295 g/mol. The number of nitrogens with zero attached hydrogens (tertiary/aromatic N) is 2. The largest absolute Gasteiger partial charge is 0.476 e. The van der Waals surface area contributed by atoms with E-state index in [4.69, 9.17) is 9.84 Å². The van der Waals surface area contributed by atoms with Crippen molar-refractivity contribution in [2.45, 2.75) is 51.8 Å². The first-order valence-electron chi connectivity index (χ1n) is 7.58. The lowest BCUT2D eigenvalue weighted by atomic mass is 9.94. The Morgan fingerprint density at radius 1 is 1.62 bits per heavy atom. The summed E-state index contributed by atoms with van der Waals surface area (Å²) in [5.74, 6) is -0.386. The summed E-state index contributed by atoms with van der Waals surface area (Å²) in [6, 6.07) is 1.94. The fourth-order valence-electron chi connectivity index (χ4n) is 2.78. The highest BCUT2D eigenvalue weighted by atomic mass is 16.5. The maximum absolute atomic E-state index is 10.9. The number of hydrogen-bond acceptors (Lipinski definition) is 4. The van der Waals surface area contributed by atoms with E-state index in [0.29, 0.717) is 18.5 Å². The number of aryl methyl sites for hydroxylation is 1. The molecule has 6 heteroatoms. The molecule has 0 bridgehead atoms. The van der Waals surface area contributed by atoms with Crippen molar-refractivity contribution in [3.63, 3.8) is 0 Å². The molecule has 1 aliphatic rings. The molecular weight excluding hydrogens is 270 g/mol. The number of carboxylic acid groups (broad SMARTS) is 1. The number of carboxylic acids is 1. The predicted molar refractivity (Wildman–Crippen MR) is 79.2 cm³/mol. The van der Waals surface area contributed by atoms with Crippen LogP contribution in [0, 0.1) is 5.92 Å². The van der Waals surface area contributed by atoms with Crippen LogP contribution in [-0.4, -0.2) is 39.6 Å². The maximum Gasteiger partial charge on any atom is 0.356 e. The van der Waals surface area contributed by atoms with Crippen LogP contribution in [0.3, 0.4) is 0 Å². The summed E-state index contributed by atoms with van der Waals surface area (Å²) in [6.07, 6.45) is 3.45. The van der Waals surface area contributed by atoms with Gasteiger partial charge < -0.3 is 15.2 Å².